The van der Waals surface area contributed by atoms with Gasteiger partial charge in [-0.3, -0.25) is 4.79 Å². The number of benzene rings is 1. The van der Waals surface area contributed by atoms with E-state index in [0.29, 0.717) is 11.8 Å². The maximum Gasteiger partial charge on any atom is 0.260 e. The molecule has 1 atom stereocenters. The van der Waals surface area contributed by atoms with E-state index in [2.05, 4.69) is 40.0 Å². The van der Waals surface area contributed by atoms with Gasteiger partial charge >= 0.3 is 0 Å². The zero-order chi connectivity index (χ0) is 16.1. The highest BCUT2D eigenvalue weighted by Crippen LogP contribution is 2.18. The van der Waals surface area contributed by atoms with Crippen molar-refractivity contribution in [3.8, 4) is 5.75 Å². The molecule has 0 spiro atoms. The largest absolute Gasteiger partial charge is 0.481 e. The van der Waals surface area contributed by atoms with E-state index in [1.807, 2.05) is 24.3 Å². The van der Waals surface area contributed by atoms with Gasteiger partial charge in [0, 0.05) is 29.6 Å². The van der Waals surface area contributed by atoms with E-state index >= 15 is 0 Å². The number of nitrogens with zero attached hydrogens (tertiary/aromatic N) is 1. The zero-order valence-electron chi connectivity index (χ0n) is 13.5. The number of halogens is 1. The number of hydrogen-bond donors (Lipinski definition) is 1. The van der Waals surface area contributed by atoms with E-state index < -0.39 is 6.10 Å². The third-order valence-corrected chi connectivity index (χ3v) is 4.63. The van der Waals surface area contributed by atoms with Gasteiger partial charge in [-0.05, 0) is 57.9 Å². The lowest BCUT2D eigenvalue weighted by Gasteiger charge is -2.35. The highest BCUT2D eigenvalue weighted by atomic mass is 79.9. The molecule has 0 bridgehead atoms. The van der Waals surface area contributed by atoms with Crippen LogP contribution in [0.1, 0.15) is 33.6 Å². The molecule has 1 aromatic rings. The van der Waals surface area contributed by atoms with Crippen molar-refractivity contribution in [2.45, 2.75) is 51.8 Å². The second kappa shape index (κ2) is 7.97. The molecule has 1 aliphatic rings. The average molecular weight is 369 g/mol. The molecular weight excluding hydrogens is 344 g/mol. The maximum absolute atomic E-state index is 12.2. The van der Waals surface area contributed by atoms with Crippen LogP contribution in [0.25, 0.3) is 0 Å². The zero-order valence-corrected chi connectivity index (χ0v) is 15.1. The number of piperidine rings is 1. The number of carbonyl (C=O) groups excluding carboxylic acids is 1. The molecule has 1 saturated heterocycles. The Morgan fingerprint density at radius 3 is 2.36 bits per heavy atom. The fourth-order valence-corrected chi connectivity index (χ4v) is 2.91. The number of carbonyl (C=O) groups is 1. The van der Waals surface area contributed by atoms with Gasteiger partial charge in [0.25, 0.3) is 5.91 Å². The first kappa shape index (κ1) is 17.3. The fraction of sp³-hybridized carbons (Fsp3) is 0.588. The Labute approximate surface area is 141 Å². The summed E-state index contributed by atoms with van der Waals surface area (Å²) in [6, 6.07) is 8.36. The van der Waals surface area contributed by atoms with E-state index in [9.17, 15) is 4.79 Å². The minimum Gasteiger partial charge on any atom is -0.481 e. The summed E-state index contributed by atoms with van der Waals surface area (Å²) in [5.74, 6) is 0.673. The first-order chi connectivity index (χ1) is 10.5. The molecule has 0 saturated carbocycles. The number of amides is 1. The highest BCUT2D eigenvalue weighted by Gasteiger charge is 2.24. The number of likely N-dealkylation sites (tertiary alicyclic amines) is 1. The molecule has 1 aromatic carbocycles. The summed E-state index contributed by atoms with van der Waals surface area (Å²) >= 11 is 3.38. The molecule has 122 valence electrons. The van der Waals surface area contributed by atoms with Crippen molar-refractivity contribution in [3.63, 3.8) is 0 Å². The number of hydrogen-bond acceptors (Lipinski definition) is 3. The van der Waals surface area contributed by atoms with Crippen LogP contribution in [0.5, 0.6) is 5.75 Å². The minimum atomic E-state index is -0.482. The quantitative estimate of drug-likeness (QED) is 0.867. The summed E-state index contributed by atoms with van der Waals surface area (Å²) in [7, 11) is 0. The molecule has 1 aliphatic heterocycles. The van der Waals surface area contributed by atoms with Crippen LogP contribution >= 0.6 is 15.9 Å². The molecule has 1 N–H and O–H groups in total. The summed E-state index contributed by atoms with van der Waals surface area (Å²) in [6.07, 6.45) is 1.54. The van der Waals surface area contributed by atoms with Crippen molar-refractivity contribution in [1.82, 2.24) is 10.2 Å². The first-order valence-electron chi connectivity index (χ1n) is 7.92. The second-order valence-corrected chi connectivity index (χ2v) is 7.04. The first-order valence-corrected chi connectivity index (χ1v) is 8.71. The Balaban J connectivity index is 1.78. The van der Waals surface area contributed by atoms with Crippen molar-refractivity contribution in [2.75, 3.05) is 13.1 Å². The lowest BCUT2D eigenvalue weighted by atomic mass is 10.0. The van der Waals surface area contributed by atoms with E-state index in [0.717, 1.165) is 30.4 Å². The molecule has 4 nitrogen and oxygen atoms in total. The van der Waals surface area contributed by atoms with Gasteiger partial charge in [-0.2, -0.15) is 0 Å². The van der Waals surface area contributed by atoms with Crippen LogP contribution in [0.2, 0.25) is 0 Å². The Morgan fingerprint density at radius 1 is 1.23 bits per heavy atom. The molecule has 0 radical (unpaired) electrons. The van der Waals surface area contributed by atoms with Crippen molar-refractivity contribution in [3.05, 3.63) is 28.7 Å². The summed E-state index contributed by atoms with van der Waals surface area (Å²) in [6.45, 7) is 8.32. The van der Waals surface area contributed by atoms with Crippen LogP contribution in [-0.2, 0) is 4.79 Å². The summed E-state index contributed by atoms with van der Waals surface area (Å²) in [4.78, 5) is 14.7. The third kappa shape index (κ3) is 4.99. The molecule has 1 heterocycles. The standard InChI is InChI=1S/C17H25BrN2O2/c1-12(2)20-10-8-15(9-11-20)19-17(21)13(3)22-16-6-4-14(18)5-7-16/h4-7,12-13,15H,8-11H2,1-3H3,(H,19,21). The second-order valence-electron chi connectivity index (χ2n) is 6.13. The predicted octanol–water partition coefficient (Wildman–Crippen LogP) is 3.21. The third-order valence-electron chi connectivity index (χ3n) is 4.10. The van der Waals surface area contributed by atoms with Gasteiger partial charge in [0.2, 0.25) is 0 Å². The molecule has 0 aliphatic carbocycles. The van der Waals surface area contributed by atoms with Gasteiger partial charge < -0.3 is 15.0 Å². The van der Waals surface area contributed by atoms with Gasteiger partial charge in [0.15, 0.2) is 6.10 Å². The van der Waals surface area contributed by atoms with Crippen molar-refractivity contribution in [2.24, 2.45) is 0 Å². The van der Waals surface area contributed by atoms with Crippen LogP contribution in [-0.4, -0.2) is 42.1 Å². The Hall–Kier alpha value is -1.07. The van der Waals surface area contributed by atoms with Crippen LogP contribution in [0.15, 0.2) is 28.7 Å². The Kier molecular flexibility index (Phi) is 6.26. The smallest absolute Gasteiger partial charge is 0.260 e. The monoisotopic (exact) mass is 368 g/mol. The van der Waals surface area contributed by atoms with Crippen molar-refractivity contribution >= 4 is 21.8 Å². The van der Waals surface area contributed by atoms with Crippen molar-refractivity contribution < 1.29 is 9.53 Å². The maximum atomic E-state index is 12.2. The van der Waals surface area contributed by atoms with E-state index in [1.165, 1.54) is 0 Å². The number of rotatable bonds is 5. The van der Waals surface area contributed by atoms with E-state index in [1.54, 1.807) is 6.92 Å². The molecule has 1 unspecified atom stereocenters. The van der Waals surface area contributed by atoms with Gasteiger partial charge in [0.05, 0.1) is 0 Å². The van der Waals surface area contributed by atoms with Gasteiger partial charge in [-0.15, -0.1) is 0 Å². The Bertz CT molecular complexity index is 482. The van der Waals surface area contributed by atoms with Crippen molar-refractivity contribution in [1.29, 1.82) is 0 Å². The topological polar surface area (TPSA) is 41.6 Å². The van der Waals surface area contributed by atoms with Gasteiger partial charge in [-0.1, -0.05) is 15.9 Å². The molecule has 2 rings (SSSR count). The molecule has 0 aromatic heterocycles. The summed E-state index contributed by atoms with van der Waals surface area (Å²) in [5.41, 5.74) is 0. The van der Waals surface area contributed by atoms with Crippen LogP contribution in [0.3, 0.4) is 0 Å². The molecule has 1 amide bonds. The van der Waals surface area contributed by atoms with Gasteiger partial charge in [0.1, 0.15) is 5.75 Å². The van der Waals surface area contributed by atoms with Crippen LogP contribution < -0.4 is 10.1 Å². The normalized spacial score (nSPS) is 18.2. The fourth-order valence-electron chi connectivity index (χ4n) is 2.65. The lowest BCUT2D eigenvalue weighted by molar-refractivity contribution is -0.128. The average Bonchev–Trinajstić information content (AvgIpc) is 2.50. The Morgan fingerprint density at radius 2 is 1.82 bits per heavy atom. The lowest BCUT2D eigenvalue weighted by Crippen LogP contribution is -2.49. The summed E-state index contributed by atoms with van der Waals surface area (Å²) < 4.78 is 6.68. The molecule has 5 heteroatoms. The van der Waals surface area contributed by atoms with E-state index in [4.69, 9.17) is 4.74 Å². The minimum absolute atomic E-state index is 0.0362. The summed E-state index contributed by atoms with van der Waals surface area (Å²) in [5, 5.41) is 3.11. The van der Waals surface area contributed by atoms with Gasteiger partial charge in [-0.25, -0.2) is 0 Å². The van der Waals surface area contributed by atoms with E-state index in [-0.39, 0.29) is 11.9 Å². The molecule has 1 fully saturated rings. The number of nitrogens with one attached hydrogen (secondary N) is 1. The predicted molar refractivity (Wildman–Crippen MR) is 92.1 cm³/mol. The number of ether oxygens (including phenoxy) is 1. The van der Waals surface area contributed by atoms with Crippen LogP contribution in [0.4, 0.5) is 0 Å². The molecular formula is C17H25BrN2O2. The van der Waals surface area contributed by atoms with Crippen LogP contribution in [0, 0.1) is 0 Å². The SMILES string of the molecule is CC(Oc1ccc(Br)cc1)C(=O)NC1CCN(C(C)C)CC1. The highest BCUT2D eigenvalue weighted by molar-refractivity contribution is 9.10. The molecule has 22 heavy (non-hydrogen) atoms.